The Bertz CT molecular complexity index is 638. The number of aryl methyl sites for hydroxylation is 1. The standard InChI is InChI=1S/C16H29N5O2S/c1-5-20(6-2)24(22,23)21-9-7-14(8-10-21)11-15-12-16(17-4)19-13(3)18-15/h12,14H,5-11H2,1-4H3,(H,17,18,19). The molecular weight excluding hydrogens is 326 g/mol. The summed E-state index contributed by atoms with van der Waals surface area (Å²) in [4.78, 5) is 8.82. The second kappa shape index (κ2) is 8.22. The van der Waals surface area contributed by atoms with Crippen LogP contribution < -0.4 is 5.32 Å². The quantitative estimate of drug-likeness (QED) is 0.805. The normalized spacial score (nSPS) is 17.4. The van der Waals surface area contributed by atoms with Gasteiger partial charge in [0.1, 0.15) is 11.6 Å². The fourth-order valence-corrected chi connectivity index (χ4v) is 4.87. The van der Waals surface area contributed by atoms with Crippen LogP contribution in [0.4, 0.5) is 5.82 Å². The van der Waals surface area contributed by atoms with Gasteiger partial charge in [-0.3, -0.25) is 0 Å². The molecule has 2 heterocycles. The molecule has 1 aromatic rings. The van der Waals surface area contributed by atoms with E-state index < -0.39 is 10.2 Å². The second-order valence-electron chi connectivity index (χ2n) is 6.18. The van der Waals surface area contributed by atoms with E-state index in [4.69, 9.17) is 0 Å². The molecule has 0 bridgehead atoms. The third-order valence-electron chi connectivity index (χ3n) is 4.58. The molecule has 1 saturated heterocycles. The summed E-state index contributed by atoms with van der Waals surface area (Å²) in [5.41, 5.74) is 1.02. The Morgan fingerprint density at radius 1 is 1.25 bits per heavy atom. The highest BCUT2D eigenvalue weighted by molar-refractivity contribution is 7.86. The second-order valence-corrected chi connectivity index (χ2v) is 8.11. The molecule has 8 heteroatoms. The summed E-state index contributed by atoms with van der Waals surface area (Å²) in [5.74, 6) is 2.06. The molecule has 1 aliphatic rings. The summed E-state index contributed by atoms with van der Waals surface area (Å²) in [6, 6.07) is 1.98. The molecule has 0 amide bonds. The van der Waals surface area contributed by atoms with Crippen molar-refractivity contribution in [3.8, 4) is 0 Å². The molecule has 0 spiro atoms. The lowest BCUT2D eigenvalue weighted by atomic mass is 9.93. The molecule has 0 radical (unpaired) electrons. The smallest absolute Gasteiger partial charge is 0.281 e. The summed E-state index contributed by atoms with van der Waals surface area (Å²) in [6.07, 6.45) is 2.62. The Balaban J connectivity index is 1.97. The van der Waals surface area contributed by atoms with Crippen molar-refractivity contribution in [2.24, 2.45) is 5.92 Å². The number of nitrogens with one attached hydrogen (secondary N) is 1. The minimum atomic E-state index is -3.31. The Hall–Kier alpha value is -1.25. The predicted octanol–water partition coefficient (Wildman–Crippen LogP) is 1.67. The summed E-state index contributed by atoms with van der Waals surface area (Å²) in [7, 11) is -1.46. The number of anilines is 1. The zero-order chi connectivity index (χ0) is 17.7. The lowest BCUT2D eigenvalue weighted by Crippen LogP contribution is -2.47. The molecule has 0 saturated carbocycles. The summed E-state index contributed by atoms with van der Waals surface area (Å²) >= 11 is 0. The topological polar surface area (TPSA) is 78.4 Å². The van der Waals surface area contributed by atoms with Crippen molar-refractivity contribution >= 4 is 16.0 Å². The fraction of sp³-hybridized carbons (Fsp3) is 0.750. The van der Waals surface area contributed by atoms with Crippen LogP contribution in [0.2, 0.25) is 0 Å². The van der Waals surface area contributed by atoms with Gasteiger partial charge in [-0.15, -0.1) is 0 Å². The molecule has 0 atom stereocenters. The van der Waals surface area contributed by atoms with Gasteiger partial charge in [-0.05, 0) is 32.1 Å². The maximum atomic E-state index is 12.6. The van der Waals surface area contributed by atoms with Crippen molar-refractivity contribution in [3.63, 3.8) is 0 Å². The van der Waals surface area contributed by atoms with Gasteiger partial charge in [0.2, 0.25) is 0 Å². The van der Waals surface area contributed by atoms with Gasteiger partial charge >= 0.3 is 0 Å². The van der Waals surface area contributed by atoms with Gasteiger partial charge in [0.25, 0.3) is 10.2 Å². The van der Waals surface area contributed by atoms with Crippen molar-refractivity contribution in [2.45, 2.75) is 40.0 Å². The first kappa shape index (κ1) is 19.1. The molecule has 1 fully saturated rings. The first-order valence-electron chi connectivity index (χ1n) is 8.68. The van der Waals surface area contributed by atoms with Crippen LogP contribution in [0.3, 0.4) is 0 Å². The third-order valence-corrected chi connectivity index (χ3v) is 6.76. The summed E-state index contributed by atoms with van der Waals surface area (Å²) < 4.78 is 28.3. The van der Waals surface area contributed by atoms with Crippen LogP contribution in [0.1, 0.15) is 38.2 Å². The zero-order valence-corrected chi connectivity index (χ0v) is 15.9. The molecule has 7 nitrogen and oxygen atoms in total. The maximum Gasteiger partial charge on any atom is 0.281 e. The number of rotatable bonds is 7. The number of hydrogen-bond acceptors (Lipinski definition) is 5. The van der Waals surface area contributed by atoms with E-state index in [1.165, 1.54) is 4.31 Å². The van der Waals surface area contributed by atoms with E-state index >= 15 is 0 Å². The van der Waals surface area contributed by atoms with Crippen molar-refractivity contribution in [1.29, 1.82) is 0 Å². The fourth-order valence-electron chi connectivity index (χ4n) is 3.22. The molecule has 1 aromatic heterocycles. The van der Waals surface area contributed by atoms with Crippen LogP contribution in [0.25, 0.3) is 0 Å². The molecule has 1 N–H and O–H groups in total. The van der Waals surface area contributed by atoms with Crippen molar-refractivity contribution in [3.05, 3.63) is 17.6 Å². The van der Waals surface area contributed by atoms with Gasteiger partial charge in [0.15, 0.2) is 0 Å². The van der Waals surface area contributed by atoms with Gasteiger partial charge < -0.3 is 5.32 Å². The van der Waals surface area contributed by atoms with E-state index in [1.807, 2.05) is 33.9 Å². The minimum Gasteiger partial charge on any atom is -0.373 e. The summed E-state index contributed by atoms with van der Waals surface area (Å²) in [6.45, 7) is 7.87. The van der Waals surface area contributed by atoms with Crippen molar-refractivity contribution in [1.82, 2.24) is 18.6 Å². The predicted molar refractivity (Wildman–Crippen MR) is 96.2 cm³/mol. The van der Waals surface area contributed by atoms with E-state index in [-0.39, 0.29) is 0 Å². The molecule has 1 aliphatic heterocycles. The van der Waals surface area contributed by atoms with E-state index in [1.54, 1.807) is 4.31 Å². The van der Waals surface area contributed by atoms with Gasteiger partial charge in [-0.1, -0.05) is 13.8 Å². The first-order valence-corrected chi connectivity index (χ1v) is 10.1. The van der Waals surface area contributed by atoms with Crippen LogP contribution in [0.5, 0.6) is 0 Å². The minimum absolute atomic E-state index is 0.465. The average Bonchev–Trinajstić information content (AvgIpc) is 2.55. The van der Waals surface area contributed by atoms with Crippen LogP contribution in [0, 0.1) is 12.8 Å². The Labute approximate surface area is 145 Å². The monoisotopic (exact) mass is 355 g/mol. The van der Waals surface area contributed by atoms with Crippen LogP contribution >= 0.6 is 0 Å². The lowest BCUT2D eigenvalue weighted by molar-refractivity contribution is 0.254. The highest BCUT2D eigenvalue weighted by atomic mass is 32.2. The number of piperidine rings is 1. The van der Waals surface area contributed by atoms with Gasteiger partial charge in [0.05, 0.1) is 0 Å². The van der Waals surface area contributed by atoms with Gasteiger partial charge in [0, 0.05) is 45.0 Å². The molecule has 136 valence electrons. The first-order chi connectivity index (χ1) is 11.4. The molecule has 2 rings (SSSR count). The maximum absolute atomic E-state index is 12.6. The van der Waals surface area contributed by atoms with Crippen LogP contribution in [-0.2, 0) is 16.6 Å². The average molecular weight is 356 g/mol. The zero-order valence-electron chi connectivity index (χ0n) is 15.1. The van der Waals surface area contributed by atoms with Gasteiger partial charge in [-0.2, -0.15) is 17.0 Å². The highest BCUT2D eigenvalue weighted by Crippen LogP contribution is 2.24. The third kappa shape index (κ3) is 4.43. The molecular formula is C16H29N5O2S. The van der Waals surface area contributed by atoms with E-state index in [9.17, 15) is 8.42 Å². The van der Waals surface area contributed by atoms with Crippen LogP contribution in [-0.4, -0.2) is 60.2 Å². The SMILES string of the molecule is CCN(CC)S(=O)(=O)N1CCC(Cc2cc(NC)nc(C)n2)CC1. The van der Waals surface area contributed by atoms with Crippen molar-refractivity contribution in [2.75, 3.05) is 38.5 Å². The number of nitrogens with zero attached hydrogens (tertiary/aromatic N) is 4. The van der Waals surface area contributed by atoms with E-state index in [2.05, 4.69) is 15.3 Å². The highest BCUT2D eigenvalue weighted by Gasteiger charge is 2.31. The van der Waals surface area contributed by atoms with E-state index in [0.717, 1.165) is 36.6 Å². The van der Waals surface area contributed by atoms with Crippen molar-refractivity contribution < 1.29 is 8.42 Å². The molecule has 0 aromatic carbocycles. The molecule has 0 unspecified atom stereocenters. The lowest BCUT2D eigenvalue weighted by Gasteiger charge is -2.34. The number of aromatic nitrogens is 2. The van der Waals surface area contributed by atoms with E-state index in [0.29, 0.717) is 32.1 Å². The largest absolute Gasteiger partial charge is 0.373 e. The summed E-state index contributed by atoms with van der Waals surface area (Å²) in [5, 5.41) is 3.05. The molecule has 0 aliphatic carbocycles. The Morgan fingerprint density at radius 2 is 1.88 bits per heavy atom. The van der Waals surface area contributed by atoms with Gasteiger partial charge in [-0.25, -0.2) is 9.97 Å². The number of hydrogen-bond donors (Lipinski definition) is 1. The van der Waals surface area contributed by atoms with Crippen LogP contribution in [0.15, 0.2) is 6.07 Å². The molecule has 24 heavy (non-hydrogen) atoms. The Kier molecular flexibility index (Phi) is 6.54. The Morgan fingerprint density at radius 3 is 2.42 bits per heavy atom.